The maximum atomic E-state index is 12.5. The number of nitrogens with one attached hydrogen (secondary N) is 1. The van der Waals surface area contributed by atoms with Gasteiger partial charge in [-0.1, -0.05) is 29.3 Å². The second-order valence-electron chi connectivity index (χ2n) is 5.58. The molecule has 0 bridgehead atoms. The minimum Gasteiger partial charge on any atom is -0.383 e. The molecule has 1 aromatic heterocycles. The van der Waals surface area contributed by atoms with Crippen LogP contribution in [0.25, 0.3) is 0 Å². The number of sulfonamides is 1. The van der Waals surface area contributed by atoms with E-state index in [4.69, 9.17) is 23.2 Å². The van der Waals surface area contributed by atoms with E-state index in [-0.39, 0.29) is 27.4 Å². The maximum absolute atomic E-state index is 12.5. The number of benzene rings is 1. The normalized spacial score (nSPS) is 17.9. The van der Waals surface area contributed by atoms with Crippen LogP contribution in [0.4, 0.5) is 0 Å². The Bertz CT molecular complexity index is 804. The van der Waals surface area contributed by atoms with Gasteiger partial charge in [0.15, 0.2) is 0 Å². The van der Waals surface area contributed by atoms with Crippen LogP contribution in [-0.2, 0) is 15.6 Å². The van der Waals surface area contributed by atoms with Crippen molar-refractivity contribution >= 4 is 44.6 Å². The Balaban J connectivity index is 1.85. The number of aliphatic hydroxyl groups is 1. The van der Waals surface area contributed by atoms with Crippen LogP contribution < -0.4 is 4.72 Å². The molecule has 0 spiro atoms. The summed E-state index contributed by atoms with van der Waals surface area (Å²) in [5.74, 6) is 0.0682. The van der Waals surface area contributed by atoms with Crippen LogP contribution in [0.1, 0.15) is 17.7 Å². The van der Waals surface area contributed by atoms with Gasteiger partial charge in [-0.15, -0.1) is 11.3 Å². The Morgan fingerprint density at radius 1 is 1.30 bits per heavy atom. The van der Waals surface area contributed by atoms with E-state index in [2.05, 4.69) is 4.72 Å². The van der Waals surface area contributed by atoms with Gasteiger partial charge in [-0.3, -0.25) is 0 Å². The molecule has 1 aromatic carbocycles. The molecule has 4 nitrogen and oxygen atoms in total. The van der Waals surface area contributed by atoms with Crippen LogP contribution in [0.5, 0.6) is 0 Å². The molecule has 3 rings (SSSR count). The van der Waals surface area contributed by atoms with E-state index in [0.717, 1.165) is 17.7 Å². The van der Waals surface area contributed by atoms with Gasteiger partial charge in [-0.2, -0.15) is 0 Å². The van der Waals surface area contributed by atoms with Crippen molar-refractivity contribution in [2.24, 2.45) is 5.92 Å². The lowest BCUT2D eigenvalue weighted by Gasteiger charge is -2.27. The van der Waals surface area contributed by atoms with Crippen molar-refractivity contribution in [3.05, 3.63) is 50.6 Å². The van der Waals surface area contributed by atoms with Gasteiger partial charge in [0.2, 0.25) is 10.0 Å². The Morgan fingerprint density at radius 2 is 2.04 bits per heavy atom. The molecule has 1 atom stereocenters. The molecule has 1 aliphatic rings. The third kappa shape index (κ3) is 3.57. The number of thiophene rings is 1. The second kappa shape index (κ2) is 6.35. The molecule has 124 valence electrons. The average molecular weight is 392 g/mol. The Morgan fingerprint density at radius 3 is 2.65 bits per heavy atom. The fraction of sp³-hybridized carbons (Fsp3) is 0.333. The molecule has 0 amide bonds. The van der Waals surface area contributed by atoms with Crippen LogP contribution in [0.15, 0.2) is 40.6 Å². The highest BCUT2D eigenvalue weighted by Gasteiger charge is 2.46. The second-order valence-corrected chi connectivity index (χ2v) is 9.10. The van der Waals surface area contributed by atoms with Crippen LogP contribution in [0, 0.1) is 5.92 Å². The smallest absolute Gasteiger partial charge is 0.242 e. The quantitative estimate of drug-likeness (QED) is 0.789. The minimum atomic E-state index is -3.87. The van der Waals surface area contributed by atoms with Crippen molar-refractivity contribution in [2.75, 3.05) is 6.54 Å². The first kappa shape index (κ1) is 17.2. The summed E-state index contributed by atoms with van der Waals surface area (Å²) in [5.41, 5.74) is -1.19. The van der Waals surface area contributed by atoms with Gasteiger partial charge < -0.3 is 5.11 Å². The number of hydrogen-bond donors (Lipinski definition) is 2. The molecule has 0 aliphatic heterocycles. The van der Waals surface area contributed by atoms with Gasteiger partial charge in [-0.25, -0.2) is 13.1 Å². The molecule has 2 aromatic rings. The first-order chi connectivity index (χ1) is 10.8. The summed E-state index contributed by atoms with van der Waals surface area (Å²) in [6, 6.07) is 7.92. The first-order valence-electron chi connectivity index (χ1n) is 7.04. The molecule has 1 heterocycles. The van der Waals surface area contributed by atoms with Crippen LogP contribution in [0.2, 0.25) is 10.0 Å². The summed E-state index contributed by atoms with van der Waals surface area (Å²) < 4.78 is 27.5. The maximum Gasteiger partial charge on any atom is 0.242 e. The Labute approximate surface area is 149 Å². The van der Waals surface area contributed by atoms with Gasteiger partial charge in [-0.05, 0) is 48.4 Å². The van der Waals surface area contributed by atoms with Gasteiger partial charge in [0.25, 0.3) is 0 Å². The molecule has 0 saturated heterocycles. The van der Waals surface area contributed by atoms with Crippen molar-refractivity contribution in [3.63, 3.8) is 0 Å². The highest BCUT2D eigenvalue weighted by Crippen LogP contribution is 2.46. The molecular weight excluding hydrogens is 377 g/mol. The fourth-order valence-corrected chi connectivity index (χ4v) is 5.22. The Kier molecular flexibility index (Phi) is 4.75. The van der Waals surface area contributed by atoms with Crippen molar-refractivity contribution in [1.29, 1.82) is 0 Å². The van der Waals surface area contributed by atoms with E-state index in [9.17, 15) is 13.5 Å². The SMILES string of the molecule is O=S(=O)(NC[C@@](O)(c1cccs1)C1CC1)c1cc(Cl)ccc1Cl. The van der Waals surface area contributed by atoms with E-state index in [1.807, 2.05) is 17.5 Å². The molecule has 1 fully saturated rings. The zero-order chi connectivity index (χ0) is 16.7. The highest BCUT2D eigenvalue weighted by molar-refractivity contribution is 7.89. The fourth-order valence-electron chi connectivity index (χ4n) is 2.48. The lowest BCUT2D eigenvalue weighted by atomic mass is 9.96. The molecular formula is C15H15Cl2NO3S2. The van der Waals surface area contributed by atoms with Crippen molar-refractivity contribution < 1.29 is 13.5 Å². The molecule has 2 N–H and O–H groups in total. The summed E-state index contributed by atoms with van der Waals surface area (Å²) in [7, 11) is -3.87. The van der Waals surface area contributed by atoms with E-state index >= 15 is 0 Å². The first-order valence-corrected chi connectivity index (χ1v) is 10.2. The summed E-state index contributed by atoms with van der Waals surface area (Å²) in [4.78, 5) is 0.677. The highest BCUT2D eigenvalue weighted by atomic mass is 35.5. The zero-order valence-electron chi connectivity index (χ0n) is 12.0. The largest absolute Gasteiger partial charge is 0.383 e. The van der Waals surface area contributed by atoms with Gasteiger partial charge >= 0.3 is 0 Å². The average Bonchev–Trinajstić information content (AvgIpc) is 3.22. The lowest BCUT2D eigenvalue weighted by molar-refractivity contribution is 0.0222. The number of halogens is 2. The van der Waals surface area contributed by atoms with Crippen molar-refractivity contribution in [3.8, 4) is 0 Å². The standard InChI is InChI=1S/C15H15Cl2NO3S2/c16-11-5-6-12(17)13(8-11)23(20,21)18-9-15(19,10-3-4-10)14-2-1-7-22-14/h1-2,5-8,10,18-19H,3-4,9H2/t15-/m0/s1. The molecule has 23 heavy (non-hydrogen) atoms. The van der Waals surface area contributed by atoms with Crippen LogP contribution >= 0.6 is 34.5 Å². The molecule has 0 radical (unpaired) electrons. The van der Waals surface area contributed by atoms with Gasteiger partial charge in [0.1, 0.15) is 10.5 Å². The van der Waals surface area contributed by atoms with E-state index in [0.29, 0.717) is 0 Å². The lowest BCUT2D eigenvalue weighted by Crippen LogP contribution is -2.42. The summed E-state index contributed by atoms with van der Waals surface area (Å²) in [6.07, 6.45) is 1.77. The third-order valence-corrected chi connectivity index (χ3v) is 7.07. The monoisotopic (exact) mass is 391 g/mol. The summed E-state index contributed by atoms with van der Waals surface area (Å²) in [6.45, 7) is -0.0939. The zero-order valence-corrected chi connectivity index (χ0v) is 15.1. The molecule has 1 saturated carbocycles. The molecule has 1 aliphatic carbocycles. The topological polar surface area (TPSA) is 66.4 Å². The van der Waals surface area contributed by atoms with E-state index in [1.165, 1.54) is 29.5 Å². The number of rotatable bonds is 6. The Hall–Kier alpha value is -0.630. The third-order valence-electron chi connectivity index (χ3n) is 3.92. The van der Waals surface area contributed by atoms with Gasteiger partial charge in [0.05, 0.1) is 5.02 Å². The number of hydrogen-bond acceptors (Lipinski definition) is 4. The minimum absolute atomic E-state index is 0.0682. The van der Waals surface area contributed by atoms with Crippen molar-refractivity contribution in [1.82, 2.24) is 4.72 Å². The predicted molar refractivity (Wildman–Crippen MR) is 92.6 cm³/mol. The molecule has 8 heteroatoms. The van der Waals surface area contributed by atoms with Crippen LogP contribution in [0.3, 0.4) is 0 Å². The predicted octanol–water partition coefficient (Wildman–Crippen LogP) is 3.63. The van der Waals surface area contributed by atoms with Gasteiger partial charge in [0, 0.05) is 16.4 Å². The summed E-state index contributed by atoms with van der Waals surface area (Å²) >= 11 is 13.2. The molecule has 0 unspecified atom stereocenters. The van der Waals surface area contributed by atoms with E-state index in [1.54, 1.807) is 0 Å². The summed E-state index contributed by atoms with van der Waals surface area (Å²) in [5, 5.41) is 13.2. The van der Waals surface area contributed by atoms with E-state index < -0.39 is 15.6 Å². The van der Waals surface area contributed by atoms with Crippen molar-refractivity contribution in [2.45, 2.75) is 23.3 Å². The van der Waals surface area contributed by atoms with Crippen LogP contribution in [-0.4, -0.2) is 20.1 Å².